The van der Waals surface area contributed by atoms with Crippen molar-refractivity contribution < 1.29 is 8.91 Å². The average molecular weight is 291 g/mol. The Morgan fingerprint density at radius 3 is 2.81 bits per heavy atom. The first kappa shape index (κ1) is 15.6. The molecule has 0 saturated carbocycles. The van der Waals surface area contributed by atoms with E-state index in [4.69, 9.17) is 10.3 Å². The van der Waals surface area contributed by atoms with E-state index in [-0.39, 0.29) is 5.82 Å². The van der Waals surface area contributed by atoms with Crippen molar-refractivity contribution in [2.75, 3.05) is 6.54 Å². The zero-order valence-corrected chi connectivity index (χ0v) is 12.6. The van der Waals surface area contributed by atoms with Crippen LogP contribution in [0.5, 0.6) is 0 Å². The van der Waals surface area contributed by atoms with Crippen molar-refractivity contribution in [1.29, 1.82) is 0 Å². The number of halogens is 1. The van der Waals surface area contributed by atoms with Gasteiger partial charge in [-0.2, -0.15) is 4.98 Å². The topological polar surface area (TPSA) is 64.9 Å². The third-order valence-corrected chi connectivity index (χ3v) is 3.36. The van der Waals surface area contributed by atoms with E-state index in [1.165, 1.54) is 12.1 Å². The highest BCUT2D eigenvalue weighted by atomic mass is 19.1. The van der Waals surface area contributed by atoms with Crippen LogP contribution in [0.1, 0.15) is 37.5 Å². The molecule has 1 aromatic heterocycles. The van der Waals surface area contributed by atoms with Gasteiger partial charge in [0.05, 0.1) is 0 Å². The van der Waals surface area contributed by atoms with Crippen LogP contribution in [-0.2, 0) is 12.8 Å². The minimum Gasteiger partial charge on any atom is -0.339 e. The molecule has 1 atom stereocenters. The van der Waals surface area contributed by atoms with Crippen LogP contribution in [0.4, 0.5) is 4.39 Å². The van der Waals surface area contributed by atoms with Crippen LogP contribution < -0.4 is 5.73 Å². The maximum absolute atomic E-state index is 13.1. The van der Waals surface area contributed by atoms with Crippen molar-refractivity contribution in [3.05, 3.63) is 47.4 Å². The molecule has 0 spiro atoms. The number of hydrogen-bond donors (Lipinski definition) is 1. The molecule has 2 aromatic rings. The number of benzene rings is 1. The van der Waals surface area contributed by atoms with Crippen LogP contribution in [0.25, 0.3) is 0 Å². The lowest BCUT2D eigenvalue weighted by molar-refractivity contribution is 0.329. The molecule has 114 valence electrons. The van der Waals surface area contributed by atoms with E-state index in [2.05, 4.69) is 24.0 Å². The summed E-state index contributed by atoms with van der Waals surface area (Å²) in [6.07, 6.45) is 2.21. The molecule has 0 aliphatic heterocycles. The lowest BCUT2D eigenvalue weighted by Crippen LogP contribution is -2.19. The molecule has 4 nitrogen and oxygen atoms in total. The van der Waals surface area contributed by atoms with E-state index in [1.807, 2.05) is 6.07 Å². The predicted octanol–water partition coefficient (Wildman–Crippen LogP) is 2.96. The molecule has 2 rings (SSSR count). The molecule has 0 radical (unpaired) electrons. The van der Waals surface area contributed by atoms with Crippen molar-refractivity contribution in [2.45, 2.75) is 33.1 Å². The Balaban J connectivity index is 1.97. The SMILES string of the molecule is CC(C)CC(CN)Cc1nc(Cc2cccc(F)c2)no1. The van der Waals surface area contributed by atoms with Crippen LogP contribution in [0, 0.1) is 17.7 Å². The van der Waals surface area contributed by atoms with E-state index >= 15 is 0 Å². The van der Waals surface area contributed by atoms with Crippen LogP contribution in [-0.4, -0.2) is 16.7 Å². The molecule has 0 fully saturated rings. The Bertz CT molecular complexity index is 568. The van der Waals surface area contributed by atoms with Gasteiger partial charge in [-0.25, -0.2) is 4.39 Å². The number of nitrogens with zero attached hydrogens (tertiary/aromatic N) is 2. The van der Waals surface area contributed by atoms with Gasteiger partial charge in [-0.1, -0.05) is 31.1 Å². The lowest BCUT2D eigenvalue weighted by atomic mass is 9.94. The minimum absolute atomic E-state index is 0.253. The molecule has 2 N–H and O–H groups in total. The summed E-state index contributed by atoms with van der Waals surface area (Å²) in [5.74, 6) is 1.88. The van der Waals surface area contributed by atoms with Gasteiger partial charge in [-0.15, -0.1) is 0 Å². The smallest absolute Gasteiger partial charge is 0.226 e. The van der Waals surface area contributed by atoms with Gasteiger partial charge in [-0.05, 0) is 42.5 Å². The normalized spacial score (nSPS) is 12.8. The number of nitrogens with two attached hydrogens (primary N) is 1. The number of hydrogen-bond acceptors (Lipinski definition) is 4. The Labute approximate surface area is 124 Å². The van der Waals surface area contributed by atoms with Crippen LogP contribution in [0.2, 0.25) is 0 Å². The molecule has 1 unspecified atom stereocenters. The van der Waals surface area contributed by atoms with Gasteiger partial charge in [0.2, 0.25) is 5.89 Å². The molecule has 0 aliphatic carbocycles. The third-order valence-electron chi connectivity index (χ3n) is 3.36. The summed E-state index contributed by atoms with van der Waals surface area (Å²) in [6, 6.07) is 6.43. The Kier molecular flexibility index (Phi) is 5.44. The molecule has 5 heteroatoms. The third kappa shape index (κ3) is 4.93. The minimum atomic E-state index is -0.253. The molecular formula is C16H22FN3O. The van der Waals surface area contributed by atoms with Crippen LogP contribution >= 0.6 is 0 Å². The molecule has 0 amide bonds. The zero-order valence-electron chi connectivity index (χ0n) is 12.6. The van der Waals surface area contributed by atoms with Gasteiger partial charge in [0.25, 0.3) is 0 Å². The molecule has 0 saturated heterocycles. The van der Waals surface area contributed by atoms with Crippen molar-refractivity contribution in [2.24, 2.45) is 17.6 Å². The van der Waals surface area contributed by atoms with Crippen molar-refractivity contribution in [3.63, 3.8) is 0 Å². The van der Waals surface area contributed by atoms with Gasteiger partial charge >= 0.3 is 0 Å². The zero-order chi connectivity index (χ0) is 15.2. The van der Waals surface area contributed by atoms with E-state index in [0.717, 1.165) is 12.0 Å². The second-order valence-corrected chi connectivity index (χ2v) is 5.85. The summed E-state index contributed by atoms with van der Waals surface area (Å²) >= 11 is 0. The van der Waals surface area contributed by atoms with Crippen molar-refractivity contribution in [3.8, 4) is 0 Å². The van der Waals surface area contributed by atoms with Crippen molar-refractivity contribution in [1.82, 2.24) is 10.1 Å². The summed E-state index contributed by atoms with van der Waals surface area (Å²) in [5, 5.41) is 3.96. The molecule has 1 aromatic carbocycles. The van der Waals surface area contributed by atoms with Gasteiger partial charge in [-0.3, -0.25) is 0 Å². The average Bonchev–Trinajstić information content (AvgIpc) is 2.84. The van der Waals surface area contributed by atoms with Gasteiger partial charge in [0.1, 0.15) is 5.82 Å². The first-order valence-electron chi connectivity index (χ1n) is 7.32. The fourth-order valence-electron chi connectivity index (χ4n) is 2.45. The second-order valence-electron chi connectivity index (χ2n) is 5.85. The summed E-state index contributed by atoms with van der Waals surface area (Å²) in [5.41, 5.74) is 6.62. The van der Waals surface area contributed by atoms with E-state index in [9.17, 15) is 4.39 Å². The van der Waals surface area contributed by atoms with Crippen LogP contribution in [0.15, 0.2) is 28.8 Å². The fraction of sp³-hybridized carbons (Fsp3) is 0.500. The van der Waals surface area contributed by atoms with Crippen LogP contribution in [0.3, 0.4) is 0 Å². The summed E-state index contributed by atoms with van der Waals surface area (Å²) < 4.78 is 18.4. The van der Waals surface area contributed by atoms with E-state index in [1.54, 1.807) is 6.07 Å². The first-order valence-corrected chi connectivity index (χ1v) is 7.32. The maximum atomic E-state index is 13.1. The molecule has 0 aliphatic rings. The summed E-state index contributed by atoms with van der Waals surface area (Å²) in [7, 11) is 0. The highest BCUT2D eigenvalue weighted by molar-refractivity contribution is 5.19. The Morgan fingerprint density at radius 1 is 1.33 bits per heavy atom. The molecular weight excluding hydrogens is 269 g/mol. The van der Waals surface area contributed by atoms with Crippen molar-refractivity contribution >= 4 is 0 Å². The quantitative estimate of drug-likeness (QED) is 0.851. The summed E-state index contributed by atoms with van der Waals surface area (Å²) in [4.78, 5) is 4.37. The molecule has 21 heavy (non-hydrogen) atoms. The monoisotopic (exact) mass is 291 g/mol. The molecule has 1 heterocycles. The highest BCUT2D eigenvalue weighted by Crippen LogP contribution is 2.16. The predicted molar refractivity (Wildman–Crippen MR) is 79.2 cm³/mol. The van der Waals surface area contributed by atoms with Gasteiger partial charge in [0.15, 0.2) is 5.82 Å². The highest BCUT2D eigenvalue weighted by Gasteiger charge is 2.15. The lowest BCUT2D eigenvalue weighted by Gasteiger charge is -2.14. The first-order chi connectivity index (χ1) is 10.1. The Hall–Kier alpha value is -1.75. The fourth-order valence-corrected chi connectivity index (χ4v) is 2.45. The van der Waals surface area contributed by atoms with Gasteiger partial charge in [0, 0.05) is 12.8 Å². The standard InChI is InChI=1S/C16H22FN3O/c1-11(2)6-13(10-18)9-16-19-15(20-21-16)8-12-4-3-5-14(17)7-12/h3-5,7,11,13H,6,8-10,18H2,1-2H3. The molecule has 0 bridgehead atoms. The van der Waals surface area contributed by atoms with E-state index < -0.39 is 0 Å². The summed E-state index contributed by atoms with van der Waals surface area (Å²) in [6.45, 7) is 4.96. The van der Waals surface area contributed by atoms with Gasteiger partial charge < -0.3 is 10.3 Å². The number of rotatable bonds is 7. The Morgan fingerprint density at radius 2 is 2.14 bits per heavy atom. The second kappa shape index (κ2) is 7.31. The van der Waals surface area contributed by atoms with E-state index in [0.29, 0.717) is 42.9 Å². The maximum Gasteiger partial charge on any atom is 0.226 e. The largest absolute Gasteiger partial charge is 0.339 e. The number of aromatic nitrogens is 2.